The summed E-state index contributed by atoms with van der Waals surface area (Å²) in [5.41, 5.74) is 3.59. The second kappa shape index (κ2) is 6.10. The van der Waals surface area contributed by atoms with Crippen LogP contribution in [0.2, 0.25) is 0 Å². The van der Waals surface area contributed by atoms with Crippen molar-refractivity contribution in [3.8, 4) is 11.4 Å². The van der Waals surface area contributed by atoms with E-state index in [1.54, 1.807) is 0 Å². The Morgan fingerprint density at radius 1 is 1.19 bits per heavy atom. The van der Waals surface area contributed by atoms with Crippen LogP contribution in [-0.2, 0) is 0 Å². The summed E-state index contributed by atoms with van der Waals surface area (Å²) in [5, 5.41) is 3.45. The van der Waals surface area contributed by atoms with Crippen molar-refractivity contribution >= 4 is 11.6 Å². The molecule has 1 saturated carbocycles. The molecule has 5 heteroatoms. The lowest BCUT2D eigenvalue weighted by atomic mass is 10.1. The van der Waals surface area contributed by atoms with E-state index < -0.39 is 0 Å². The minimum Gasteiger partial charge on any atom is -0.367 e. The summed E-state index contributed by atoms with van der Waals surface area (Å²) in [6.45, 7) is 2.19. The Morgan fingerprint density at radius 2 is 1.90 bits per heavy atom. The fourth-order valence-electron chi connectivity index (χ4n) is 2.48. The van der Waals surface area contributed by atoms with Crippen molar-refractivity contribution in [2.75, 3.05) is 10.7 Å². The molecule has 1 aromatic heterocycles. The van der Waals surface area contributed by atoms with Crippen molar-refractivity contribution in [3.63, 3.8) is 0 Å². The van der Waals surface area contributed by atoms with Crippen molar-refractivity contribution in [2.24, 2.45) is 11.8 Å². The second-order valence-electron chi connectivity index (χ2n) is 5.70. The van der Waals surface area contributed by atoms with Gasteiger partial charge < -0.3 is 10.7 Å². The molecule has 1 aliphatic carbocycles. The molecule has 1 atom stereocenters. The Balaban J connectivity index is 1.82. The van der Waals surface area contributed by atoms with Crippen LogP contribution in [0.1, 0.15) is 26.2 Å². The van der Waals surface area contributed by atoms with Gasteiger partial charge in [-0.1, -0.05) is 43.2 Å². The number of hydrogen-bond donors (Lipinski definition) is 3. The molecule has 1 aliphatic rings. The third-order valence-corrected chi connectivity index (χ3v) is 3.68. The van der Waals surface area contributed by atoms with E-state index in [1.807, 2.05) is 36.4 Å². The van der Waals surface area contributed by atoms with Crippen LogP contribution in [0.5, 0.6) is 0 Å². The minimum absolute atomic E-state index is 0.404. The number of rotatable bonds is 6. The molecule has 0 spiro atoms. The van der Waals surface area contributed by atoms with Crippen LogP contribution >= 0.6 is 0 Å². The van der Waals surface area contributed by atoms with E-state index in [4.69, 9.17) is 5.84 Å². The van der Waals surface area contributed by atoms with Gasteiger partial charge in [-0.2, -0.15) is 0 Å². The average Bonchev–Trinajstić information content (AvgIpc) is 3.31. The largest absolute Gasteiger partial charge is 0.367 e. The lowest BCUT2D eigenvalue weighted by Gasteiger charge is -2.15. The SMILES string of the molecule is CC(CC1CC1)Nc1cc(NN)nc(-c2ccccc2)n1. The molecule has 1 heterocycles. The van der Waals surface area contributed by atoms with Gasteiger partial charge in [0.25, 0.3) is 0 Å². The smallest absolute Gasteiger partial charge is 0.163 e. The van der Waals surface area contributed by atoms with E-state index >= 15 is 0 Å². The topological polar surface area (TPSA) is 75.9 Å². The van der Waals surface area contributed by atoms with Crippen molar-refractivity contribution in [1.29, 1.82) is 0 Å². The highest BCUT2D eigenvalue weighted by molar-refractivity contribution is 5.61. The Hall–Kier alpha value is -2.14. The summed E-state index contributed by atoms with van der Waals surface area (Å²) >= 11 is 0. The lowest BCUT2D eigenvalue weighted by Crippen LogP contribution is -2.18. The van der Waals surface area contributed by atoms with Gasteiger partial charge in [-0.05, 0) is 19.3 Å². The van der Waals surface area contributed by atoms with E-state index in [9.17, 15) is 0 Å². The van der Waals surface area contributed by atoms with E-state index in [2.05, 4.69) is 27.6 Å². The van der Waals surface area contributed by atoms with Crippen molar-refractivity contribution in [1.82, 2.24) is 9.97 Å². The molecule has 0 bridgehead atoms. The van der Waals surface area contributed by atoms with Gasteiger partial charge in [0.05, 0.1) is 0 Å². The number of nitrogens with zero attached hydrogens (tertiary/aromatic N) is 2. The third-order valence-electron chi connectivity index (χ3n) is 3.68. The van der Waals surface area contributed by atoms with Crippen LogP contribution in [0.4, 0.5) is 11.6 Å². The number of nitrogens with one attached hydrogen (secondary N) is 2. The molecular formula is C16H21N5. The molecule has 1 aromatic carbocycles. The molecule has 1 unspecified atom stereocenters. The van der Waals surface area contributed by atoms with Gasteiger partial charge in [0.2, 0.25) is 0 Å². The number of benzene rings is 1. The van der Waals surface area contributed by atoms with E-state index in [0.29, 0.717) is 17.7 Å². The monoisotopic (exact) mass is 283 g/mol. The number of nitrogens with two attached hydrogens (primary N) is 1. The maximum Gasteiger partial charge on any atom is 0.163 e. The molecular weight excluding hydrogens is 262 g/mol. The van der Waals surface area contributed by atoms with Crippen LogP contribution in [0, 0.1) is 5.92 Å². The molecule has 5 nitrogen and oxygen atoms in total. The van der Waals surface area contributed by atoms with Crippen LogP contribution in [0.15, 0.2) is 36.4 Å². The van der Waals surface area contributed by atoms with Crippen molar-refractivity contribution in [2.45, 2.75) is 32.2 Å². The summed E-state index contributed by atoms with van der Waals surface area (Å²) in [6, 6.07) is 12.2. The maximum atomic E-state index is 5.52. The fraction of sp³-hybridized carbons (Fsp3) is 0.375. The highest BCUT2D eigenvalue weighted by Gasteiger charge is 2.23. The predicted octanol–water partition coefficient (Wildman–Crippen LogP) is 3.03. The van der Waals surface area contributed by atoms with E-state index in [0.717, 1.165) is 17.3 Å². The molecule has 3 rings (SSSR count). The molecule has 0 radical (unpaired) electrons. The fourth-order valence-corrected chi connectivity index (χ4v) is 2.48. The molecule has 0 aliphatic heterocycles. The summed E-state index contributed by atoms with van der Waals surface area (Å²) in [4.78, 5) is 9.02. The number of hydrazine groups is 1. The molecule has 1 fully saturated rings. The first-order valence-corrected chi connectivity index (χ1v) is 7.42. The quantitative estimate of drug-likeness (QED) is 0.561. The Labute approximate surface area is 125 Å². The third kappa shape index (κ3) is 3.70. The van der Waals surface area contributed by atoms with Gasteiger partial charge in [-0.3, -0.25) is 0 Å². The molecule has 2 aromatic rings. The standard InChI is InChI=1S/C16H21N5/c1-11(9-12-7-8-12)18-14-10-15(21-17)20-16(19-14)13-5-3-2-4-6-13/h2-6,10-12H,7-9,17H2,1H3,(H2,18,19,20,21). The predicted molar refractivity (Wildman–Crippen MR) is 85.7 cm³/mol. The first-order chi connectivity index (χ1) is 10.2. The average molecular weight is 283 g/mol. The van der Waals surface area contributed by atoms with Gasteiger partial charge >= 0.3 is 0 Å². The van der Waals surface area contributed by atoms with E-state index in [-0.39, 0.29) is 0 Å². The van der Waals surface area contributed by atoms with E-state index in [1.165, 1.54) is 19.3 Å². The zero-order valence-electron chi connectivity index (χ0n) is 12.2. The molecule has 21 heavy (non-hydrogen) atoms. The first-order valence-electron chi connectivity index (χ1n) is 7.42. The van der Waals surface area contributed by atoms with Crippen molar-refractivity contribution in [3.05, 3.63) is 36.4 Å². The Morgan fingerprint density at radius 3 is 2.57 bits per heavy atom. The van der Waals surface area contributed by atoms with Crippen LogP contribution < -0.4 is 16.6 Å². The minimum atomic E-state index is 0.404. The van der Waals surface area contributed by atoms with Gasteiger partial charge in [-0.25, -0.2) is 15.8 Å². The summed E-state index contributed by atoms with van der Waals surface area (Å²) in [7, 11) is 0. The number of aromatic nitrogens is 2. The molecule has 4 N–H and O–H groups in total. The highest BCUT2D eigenvalue weighted by atomic mass is 15.3. The second-order valence-corrected chi connectivity index (χ2v) is 5.70. The number of anilines is 2. The number of hydrogen-bond acceptors (Lipinski definition) is 5. The Kier molecular flexibility index (Phi) is 4.01. The summed E-state index contributed by atoms with van der Waals surface area (Å²) in [6.07, 6.45) is 3.91. The Bertz CT molecular complexity index is 595. The lowest BCUT2D eigenvalue weighted by molar-refractivity contribution is 0.640. The molecule has 110 valence electrons. The van der Waals surface area contributed by atoms with Gasteiger partial charge in [-0.15, -0.1) is 0 Å². The maximum absolute atomic E-state index is 5.52. The summed E-state index contributed by atoms with van der Waals surface area (Å²) < 4.78 is 0. The molecule has 0 saturated heterocycles. The van der Waals surface area contributed by atoms with Crippen LogP contribution in [0.3, 0.4) is 0 Å². The summed E-state index contributed by atoms with van der Waals surface area (Å²) in [5.74, 6) is 8.50. The zero-order valence-corrected chi connectivity index (χ0v) is 12.2. The first kappa shape index (κ1) is 13.8. The van der Waals surface area contributed by atoms with Gasteiger partial charge in [0.15, 0.2) is 5.82 Å². The normalized spacial score (nSPS) is 15.5. The van der Waals surface area contributed by atoms with Crippen LogP contribution in [0.25, 0.3) is 11.4 Å². The number of nitrogen functional groups attached to an aromatic ring is 1. The van der Waals surface area contributed by atoms with Crippen molar-refractivity contribution < 1.29 is 0 Å². The van der Waals surface area contributed by atoms with Gasteiger partial charge in [0.1, 0.15) is 11.6 Å². The van der Waals surface area contributed by atoms with Gasteiger partial charge in [0, 0.05) is 17.7 Å². The zero-order chi connectivity index (χ0) is 14.7. The molecule has 0 amide bonds. The van der Waals surface area contributed by atoms with Crippen LogP contribution in [-0.4, -0.2) is 16.0 Å². The highest BCUT2D eigenvalue weighted by Crippen LogP contribution is 2.34.